The summed E-state index contributed by atoms with van der Waals surface area (Å²) in [7, 11) is -3.49. The topological polar surface area (TPSA) is 85.5 Å². The average molecular weight is 257 g/mol. The highest BCUT2D eigenvalue weighted by Crippen LogP contribution is 2.19. The lowest BCUT2D eigenvalue weighted by Gasteiger charge is -2.33. The van der Waals surface area contributed by atoms with Gasteiger partial charge in [0, 0.05) is 25.5 Å². The number of hydrogen-bond acceptors (Lipinski definition) is 5. The standard InChI is InChI=1S/C10H15N3O3S/c11-7-9-8-16-6-5-13(9)17(14,15)10-1-3-12-4-2-10/h1-4,9H,5-8,11H2. The van der Waals surface area contributed by atoms with E-state index in [-0.39, 0.29) is 17.5 Å². The molecule has 1 unspecified atom stereocenters. The lowest BCUT2D eigenvalue weighted by atomic mass is 10.3. The van der Waals surface area contributed by atoms with Gasteiger partial charge in [-0.1, -0.05) is 0 Å². The molecule has 0 bridgehead atoms. The number of rotatable bonds is 3. The smallest absolute Gasteiger partial charge is 0.243 e. The summed E-state index contributed by atoms with van der Waals surface area (Å²) in [5.74, 6) is 0. The Labute approximate surface area is 100 Å². The molecule has 1 fully saturated rings. The predicted molar refractivity (Wildman–Crippen MR) is 61.8 cm³/mol. The first kappa shape index (κ1) is 12.4. The second kappa shape index (κ2) is 5.09. The van der Waals surface area contributed by atoms with E-state index in [0.29, 0.717) is 19.8 Å². The van der Waals surface area contributed by atoms with Gasteiger partial charge in [0.25, 0.3) is 0 Å². The number of ether oxygens (including phenoxy) is 1. The summed E-state index contributed by atoms with van der Waals surface area (Å²) in [4.78, 5) is 4.05. The van der Waals surface area contributed by atoms with Gasteiger partial charge in [-0.3, -0.25) is 4.98 Å². The Balaban J connectivity index is 2.31. The summed E-state index contributed by atoms with van der Waals surface area (Å²) in [5, 5.41) is 0. The summed E-state index contributed by atoms with van der Waals surface area (Å²) in [6.45, 7) is 1.35. The van der Waals surface area contributed by atoms with E-state index < -0.39 is 10.0 Å². The number of morpholine rings is 1. The van der Waals surface area contributed by atoms with Crippen LogP contribution in [0.25, 0.3) is 0 Å². The van der Waals surface area contributed by atoms with E-state index in [9.17, 15) is 8.42 Å². The molecule has 17 heavy (non-hydrogen) atoms. The van der Waals surface area contributed by atoms with E-state index in [1.807, 2.05) is 0 Å². The van der Waals surface area contributed by atoms with Crippen LogP contribution in [0.3, 0.4) is 0 Å². The molecule has 1 aliphatic rings. The van der Waals surface area contributed by atoms with Crippen molar-refractivity contribution in [2.24, 2.45) is 5.73 Å². The third-order valence-corrected chi connectivity index (χ3v) is 4.67. The van der Waals surface area contributed by atoms with Gasteiger partial charge in [-0.15, -0.1) is 0 Å². The Morgan fingerprint density at radius 1 is 1.47 bits per heavy atom. The molecule has 1 atom stereocenters. The number of sulfonamides is 1. The van der Waals surface area contributed by atoms with Crippen LogP contribution < -0.4 is 5.73 Å². The molecule has 1 saturated heterocycles. The predicted octanol–water partition coefficient (Wildman–Crippen LogP) is -0.570. The van der Waals surface area contributed by atoms with Crippen LogP contribution in [0.5, 0.6) is 0 Å². The summed E-state index contributed by atoms with van der Waals surface area (Å²) in [5.41, 5.74) is 5.57. The number of pyridine rings is 1. The van der Waals surface area contributed by atoms with Crippen LogP contribution in [0.2, 0.25) is 0 Å². The lowest BCUT2D eigenvalue weighted by Crippen LogP contribution is -2.51. The summed E-state index contributed by atoms with van der Waals surface area (Å²) in [6.07, 6.45) is 2.93. The highest BCUT2D eigenvalue weighted by molar-refractivity contribution is 7.89. The fourth-order valence-corrected chi connectivity index (χ4v) is 3.38. The normalized spacial score (nSPS) is 22.5. The highest BCUT2D eigenvalue weighted by Gasteiger charge is 2.33. The molecule has 2 heterocycles. The quantitative estimate of drug-likeness (QED) is 0.783. The molecule has 7 heteroatoms. The van der Waals surface area contributed by atoms with Gasteiger partial charge in [-0.05, 0) is 12.1 Å². The van der Waals surface area contributed by atoms with Crippen LogP contribution >= 0.6 is 0 Å². The van der Waals surface area contributed by atoms with E-state index in [1.54, 1.807) is 0 Å². The zero-order valence-electron chi connectivity index (χ0n) is 9.32. The Kier molecular flexibility index (Phi) is 3.72. The lowest BCUT2D eigenvalue weighted by molar-refractivity contribution is 0.0358. The van der Waals surface area contributed by atoms with E-state index in [1.165, 1.54) is 28.8 Å². The molecule has 6 nitrogen and oxygen atoms in total. The Morgan fingerprint density at radius 3 is 2.82 bits per heavy atom. The van der Waals surface area contributed by atoms with Crippen LogP contribution in [0.15, 0.2) is 29.4 Å². The molecule has 0 aliphatic carbocycles. The van der Waals surface area contributed by atoms with Crippen LogP contribution in [0, 0.1) is 0 Å². The zero-order chi connectivity index (χ0) is 12.3. The SMILES string of the molecule is NCC1COCCN1S(=O)(=O)c1ccncc1. The molecule has 0 aromatic carbocycles. The molecule has 1 aromatic rings. The fourth-order valence-electron chi connectivity index (χ4n) is 1.79. The van der Waals surface area contributed by atoms with Crippen molar-refractivity contribution in [3.05, 3.63) is 24.5 Å². The highest BCUT2D eigenvalue weighted by atomic mass is 32.2. The third-order valence-electron chi connectivity index (χ3n) is 2.70. The minimum absolute atomic E-state index is 0.243. The van der Waals surface area contributed by atoms with E-state index >= 15 is 0 Å². The molecule has 94 valence electrons. The Morgan fingerprint density at radius 2 is 2.18 bits per heavy atom. The summed E-state index contributed by atoms with van der Waals surface area (Å²) >= 11 is 0. The minimum atomic E-state index is -3.49. The summed E-state index contributed by atoms with van der Waals surface area (Å²) < 4.78 is 31.3. The van der Waals surface area contributed by atoms with Gasteiger partial charge in [0.05, 0.1) is 24.2 Å². The van der Waals surface area contributed by atoms with E-state index in [0.717, 1.165) is 0 Å². The largest absolute Gasteiger partial charge is 0.378 e. The zero-order valence-corrected chi connectivity index (χ0v) is 10.1. The van der Waals surface area contributed by atoms with Gasteiger partial charge in [0.2, 0.25) is 10.0 Å². The van der Waals surface area contributed by atoms with Crippen LogP contribution in [-0.2, 0) is 14.8 Å². The maximum Gasteiger partial charge on any atom is 0.243 e. The maximum atomic E-state index is 12.3. The van der Waals surface area contributed by atoms with Crippen molar-refractivity contribution in [3.8, 4) is 0 Å². The van der Waals surface area contributed by atoms with Gasteiger partial charge in [-0.25, -0.2) is 8.42 Å². The molecule has 0 radical (unpaired) electrons. The van der Waals surface area contributed by atoms with Gasteiger partial charge in [0.15, 0.2) is 0 Å². The molecule has 1 aromatic heterocycles. The molecule has 2 N–H and O–H groups in total. The van der Waals surface area contributed by atoms with Crippen LogP contribution in [0.4, 0.5) is 0 Å². The first-order valence-electron chi connectivity index (χ1n) is 5.36. The fraction of sp³-hybridized carbons (Fsp3) is 0.500. The maximum absolute atomic E-state index is 12.3. The molecule has 0 spiro atoms. The molecular formula is C10H15N3O3S. The second-order valence-corrected chi connectivity index (χ2v) is 5.65. The third kappa shape index (κ3) is 2.47. The van der Waals surface area contributed by atoms with E-state index in [4.69, 9.17) is 10.5 Å². The Bertz CT molecular complexity index is 463. The second-order valence-electron chi connectivity index (χ2n) is 3.76. The summed E-state index contributed by atoms with van der Waals surface area (Å²) in [6, 6.07) is 2.68. The molecular weight excluding hydrogens is 242 g/mol. The molecule has 0 amide bonds. The van der Waals surface area contributed by atoms with Crippen molar-refractivity contribution in [3.63, 3.8) is 0 Å². The van der Waals surface area contributed by atoms with Crippen molar-refractivity contribution in [1.29, 1.82) is 0 Å². The van der Waals surface area contributed by atoms with Gasteiger partial charge < -0.3 is 10.5 Å². The van der Waals surface area contributed by atoms with Gasteiger partial charge >= 0.3 is 0 Å². The number of hydrogen-bond donors (Lipinski definition) is 1. The molecule has 2 rings (SSSR count). The number of aromatic nitrogens is 1. The van der Waals surface area contributed by atoms with Crippen molar-refractivity contribution in [2.45, 2.75) is 10.9 Å². The van der Waals surface area contributed by atoms with Gasteiger partial charge in [-0.2, -0.15) is 4.31 Å². The Hall–Kier alpha value is -1.02. The van der Waals surface area contributed by atoms with Crippen LogP contribution in [-0.4, -0.2) is 50.1 Å². The minimum Gasteiger partial charge on any atom is -0.378 e. The van der Waals surface area contributed by atoms with E-state index in [2.05, 4.69) is 4.98 Å². The average Bonchev–Trinajstić information content (AvgIpc) is 2.39. The van der Waals surface area contributed by atoms with Gasteiger partial charge in [0.1, 0.15) is 0 Å². The molecule has 0 saturated carbocycles. The number of nitrogens with two attached hydrogens (primary N) is 1. The van der Waals surface area contributed by atoms with Crippen molar-refractivity contribution >= 4 is 10.0 Å². The van der Waals surface area contributed by atoms with Crippen molar-refractivity contribution in [1.82, 2.24) is 9.29 Å². The monoisotopic (exact) mass is 257 g/mol. The number of nitrogens with zero attached hydrogens (tertiary/aromatic N) is 2. The van der Waals surface area contributed by atoms with Crippen molar-refractivity contribution < 1.29 is 13.2 Å². The first-order chi connectivity index (χ1) is 8.16. The molecule has 1 aliphatic heterocycles. The first-order valence-corrected chi connectivity index (χ1v) is 6.80. The van der Waals surface area contributed by atoms with Crippen molar-refractivity contribution in [2.75, 3.05) is 26.3 Å². The van der Waals surface area contributed by atoms with Crippen LogP contribution in [0.1, 0.15) is 0 Å².